The van der Waals surface area contributed by atoms with Gasteiger partial charge in [0.1, 0.15) is 0 Å². The van der Waals surface area contributed by atoms with Crippen LogP contribution in [0.25, 0.3) is 0 Å². The van der Waals surface area contributed by atoms with Gasteiger partial charge in [-0.3, -0.25) is 0 Å². The molecule has 1 rings (SSSR count). The average molecular weight is 138 g/mol. The van der Waals surface area contributed by atoms with Crippen LogP contribution in [0.2, 0.25) is 0 Å². The first kappa shape index (κ1) is 7.55. The zero-order valence-corrected chi connectivity index (χ0v) is 6.63. The van der Waals surface area contributed by atoms with E-state index in [0.717, 1.165) is 6.61 Å². The van der Waals surface area contributed by atoms with Crippen molar-refractivity contribution in [2.45, 2.75) is 13.3 Å². The van der Waals surface area contributed by atoms with Crippen LogP contribution in [0, 0.1) is 5.92 Å². The van der Waals surface area contributed by atoms with Gasteiger partial charge >= 0.3 is 0 Å². The Morgan fingerprint density at radius 3 is 3.10 bits per heavy atom. The van der Waals surface area contributed by atoms with Gasteiger partial charge in [-0.05, 0) is 17.9 Å². The minimum Gasteiger partial charge on any atom is -0.380 e. The lowest BCUT2D eigenvalue weighted by molar-refractivity contribution is 0.227. The standard InChI is InChI=1S/C9H14O/c1-8-4-3-5-9(6-8)7-10-2/h3,5-6,8H,4,7H2,1-2H3/t8-/m0/s1. The zero-order chi connectivity index (χ0) is 7.40. The molecule has 0 aromatic heterocycles. The molecule has 56 valence electrons. The van der Waals surface area contributed by atoms with E-state index in [1.807, 2.05) is 0 Å². The molecule has 0 heterocycles. The van der Waals surface area contributed by atoms with E-state index in [1.165, 1.54) is 12.0 Å². The molecule has 10 heavy (non-hydrogen) atoms. The lowest BCUT2D eigenvalue weighted by Crippen LogP contribution is -1.99. The van der Waals surface area contributed by atoms with Crippen molar-refractivity contribution in [1.29, 1.82) is 0 Å². The smallest absolute Gasteiger partial charge is 0.0710 e. The summed E-state index contributed by atoms with van der Waals surface area (Å²) in [5, 5.41) is 0. The first-order chi connectivity index (χ1) is 4.83. The first-order valence-electron chi connectivity index (χ1n) is 3.69. The molecular weight excluding hydrogens is 124 g/mol. The molecule has 0 aromatic carbocycles. The molecular formula is C9H14O. The maximum Gasteiger partial charge on any atom is 0.0710 e. The topological polar surface area (TPSA) is 9.23 Å². The maximum absolute atomic E-state index is 5.01. The summed E-state index contributed by atoms with van der Waals surface area (Å²) >= 11 is 0. The molecule has 1 nitrogen and oxygen atoms in total. The maximum atomic E-state index is 5.01. The molecule has 1 heteroatoms. The van der Waals surface area contributed by atoms with Gasteiger partial charge < -0.3 is 4.74 Å². The Morgan fingerprint density at radius 1 is 1.70 bits per heavy atom. The molecule has 0 spiro atoms. The number of rotatable bonds is 2. The van der Waals surface area contributed by atoms with Crippen molar-refractivity contribution in [3.05, 3.63) is 23.8 Å². The predicted octanol–water partition coefficient (Wildman–Crippen LogP) is 2.16. The highest BCUT2D eigenvalue weighted by Gasteiger charge is 2.02. The molecule has 0 unspecified atom stereocenters. The molecule has 0 fully saturated rings. The summed E-state index contributed by atoms with van der Waals surface area (Å²) in [7, 11) is 1.73. The molecule has 0 aliphatic heterocycles. The Labute approximate surface area is 62.4 Å². The number of ether oxygens (including phenoxy) is 1. The second-order valence-corrected chi connectivity index (χ2v) is 2.79. The molecule has 0 saturated carbocycles. The fraction of sp³-hybridized carbons (Fsp3) is 0.556. The Balaban J connectivity index is 2.49. The van der Waals surface area contributed by atoms with Gasteiger partial charge in [0.25, 0.3) is 0 Å². The Morgan fingerprint density at radius 2 is 2.50 bits per heavy atom. The van der Waals surface area contributed by atoms with E-state index in [4.69, 9.17) is 4.74 Å². The molecule has 0 bridgehead atoms. The van der Waals surface area contributed by atoms with Gasteiger partial charge in [-0.15, -0.1) is 0 Å². The quantitative estimate of drug-likeness (QED) is 0.568. The van der Waals surface area contributed by atoms with Crippen LogP contribution in [0.3, 0.4) is 0 Å². The molecule has 1 aliphatic rings. The normalized spacial score (nSPS) is 24.6. The molecule has 0 saturated heterocycles. The second-order valence-electron chi connectivity index (χ2n) is 2.79. The largest absolute Gasteiger partial charge is 0.380 e. The third-order valence-electron chi connectivity index (χ3n) is 1.65. The fourth-order valence-corrected chi connectivity index (χ4v) is 1.19. The van der Waals surface area contributed by atoms with E-state index in [9.17, 15) is 0 Å². The van der Waals surface area contributed by atoms with Crippen molar-refractivity contribution in [3.63, 3.8) is 0 Å². The highest BCUT2D eigenvalue weighted by Crippen LogP contribution is 2.15. The van der Waals surface area contributed by atoms with Crippen molar-refractivity contribution >= 4 is 0 Å². The summed E-state index contributed by atoms with van der Waals surface area (Å²) in [6, 6.07) is 0. The van der Waals surface area contributed by atoms with Crippen LogP contribution in [0.5, 0.6) is 0 Å². The third-order valence-corrected chi connectivity index (χ3v) is 1.65. The van der Waals surface area contributed by atoms with Crippen LogP contribution in [0.4, 0.5) is 0 Å². The van der Waals surface area contributed by atoms with E-state index < -0.39 is 0 Å². The minimum atomic E-state index is 0.690. The molecule has 0 aromatic rings. The molecule has 1 aliphatic carbocycles. The summed E-state index contributed by atoms with van der Waals surface area (Å²) in [5.74, 6) is 0.690. The van der Waals surface area contributed by atoms with Crippen molar-refractivity contribution in [1.82, 2.24) is 0 Å². The van der Waals surface area contributed by atoms with Crippen LogP contribution in [-0.4, -0.2) is 13.7 Å². The second kappa shape index (κ2) is 3.57. The van der Waals surface area contributed by atoms with Gasteiger partial charge in [-0.2, -0.15) is 0 Å². The highest BCUT2D eigenvalue weighted by atomic mass is 16.5. The molecule has 0 amide bonds. The number of allylic oxidation sites excluding steroid dienone is 2. The Bertz CT molecular complexity index is 156. The molecule has 1 atom stereocenters. The van der Waals surface area contributed by atoms with Gasteiger partial charge in [0.15, 0.2) is 0 Å². The third kappa shape index (κ3) is 1.99. The highest BCUT2D eigenvalue weighted by molar-refractivity contribution is 5.23. The van der Waals surface area contributed by atoms with Crippen molar-refractivity contribution in [2.75, 3.05) is 13.7 Å². The average Bonchev–Trinajstić information content (AvgIpc) is 1.88. The SMILES string of the molecule is COCC1=C[C@@H](C)CC=C1. The molecule has 0 radical (unpaired) electrons. The number of hydrogen-bond acceptors (Lipinski definition) is 1. The Hall–Kier alpha value is -0.560. The van der Waals surface area contributed by atoms with E-state index in [1.54, 1.807) is 7.11 Å². The monoisotopic (exact) mass is 138 g/mol. The van der Waals surface area contributed by atoms with E-state index in [0.29, 0.717) is 5.92 Å². The molecule has 0 N–H and O–H groups in total. The minimum absolute atomic E-state index is 0.690. The predicted molar refractivity (Wildman–Crippen MR) is 42.9 cm³/mol. The summed E-state index contributed by atoms with van der Waals surface area (Å²) in [6.07, 6.45) is 7.79. The van der Waals surface area contributed by atoms with E-state index in [2.05, 4.69) is 25.2 Å². The van der Waals surface area contributed by atoms with Gasteiger partial charge in [0.2, 0.25) is 0 Å². The lowest BCUT2D eigenvalue weighted by Gasteiger charge is -2.10. The summed E-state index contributed by atoms with van der Waals surface area (Å²) < 4.78 is 5.01. The summed E-state index contributed by atoms with van der Waals surface area (Å²) in [4.78, 5) is 0. The van der Waals surface area contributed by atoms with Gasteiger partial charge in [-0.25, -0.2) is 0 Å². The van der Waals surface area contributed by atoms with Crippen LogP contribution in [0.15, 0.2) is 23.8 Å². The van der Waals surface area contributed by atoms with Crippen LogP contribution in [-0.2, 0) is 4.74 Å². The summed E-state index contributed by atoms with van der Waals surface area (Å²) in [5.41, 5.74) is 1.31. The van der Waals surface area contributed by atoms with Crippen LogP contribution < -0.4 is 0 Å². The van der Waals surface area contributed by atoms with Crippen molar-refractivity contribution in [2.24, 2.45) is 5.92 Å². The van der Waals surface area contributed by atoms with Crippen molar-refractivity contribution in [3.8, 4) is 0 Å². The lowest BCUT2D eigenvalue weighted by atomic mass is 9.99. The van der Waals surface area contributed by atoms with E-state index in [-0.39, 0.29) is 0 Å². The van der Waals surface area contributed by atoms with Gasteiger partial charge in [0.05, 0.1) is 6.61 Å². The van der Waals surface area contributed by atoms with Crippen molar-refractivity contribution < 1.29 is 4.74 Å². The Kier molecular flexibility index (Phi) is 2.69. The fourth-order valence-electron chi connectivity index (χ4n) is 1.19. The van der Waals surface area contributed by atoms with E-state index >= 15 is 0 Å². The zero-order valence-electron chi connectivity index (χ0n) is 6.63. The summed E-state index contributed by atoms with van der Waals surface area (Å²) in [6.45, 7) is 2.97. The number of hydrogen-bond donors (Lipinski definition) is 0. The van der Waals surface area contributed by atoms with Gasteiger partial charge in [0, 0.05) is 7.11 Å². The van der Waals surface area contributed by atoms with Crippen LogP contribution in [0.1, 0.15) is 13.3 Å². The van der Waals surface area contributed by atoms with Crippen LogP contribution >= 0.6 is 0 Å². The van der Waals surface area contributed by atoms with Gasteiger partial charge in [-0.1, -0.05) is 25.2 Å². The number of methoxy groups -OCH3 is 1. The first-order valence-corrected chi connectivity index (χ1v) is 3.69.